The van der Waals surface area contributed by atoms with Gasteiger partial charge >= 0.3 is 0 Å². The van der Waals surface area contributed by atoms with Gasteiger partial charge in [-0.2, -0.15) is 10.2 Å². The van der Waals surface area contributed by atoms with Crippen LogP contribution in [0.15, 0.2) is 24.8 Å². The number of hydrogen-bond donors (Lipinski definition) is 2. The number of aliphatic hydroxyl groups is 1. The van der Waals surface area contributed by atoms with E-state index in [9.17, 15) is 5.11 Å². The van der Waals surface area contributed by atoms with Gasteiger partial charge in [-0.1, -0.05) is 13.8 Å². The number of hydrogen-bond acceptors (Lipinski definition) is 8. The smallest absolute Gasteiger partial charge is 0.171 e. The van der Waals surface area contributed by atoms with Crippen LogP contribution in [0.4, 0.5) is 5.82 Å². The Morgan fingerprint density at radius 3 is 2.76 bits per heavy atom. The molecule has 6 heterocycles. The van der Waals surface area contributed by atoms with Crippen molar-refractivity contribution in [2.45, 2.75) is 59.1 Å². The maximum absolute atomic E-state index is 10.2. The minimum atomic E-state index is -0.711. The second kappa shape index (κ2) is 9.06. The molecule has 38 heavy (non-hydrogen) atoms. The zero-order chi connectivity index (χ0) is 26.8. The number of β-amino-alcohol motifs (C(OH)–C–C–N with tert-alkyl or cyclic N) is 1. The molecule has 0 bridgehead atoms. The van der Waals surface area contributed by atoms with Crippen LogP contribution in [-0.4, -0.2) is 84.2 Å². The highest BCUT2D eigenvalue weighted by molar-refractivity contribution is 5.79. The van der Waals surface area contributed by atoms with Crippen molar-refractivity contribution in [2.75, 3.05) is 37.7 Å². The van der Waals surface area contributed by atoms with E-state index < -0.39 is 5.60 Å². The first-order valence-electron chi connectivity index (χ1n) is 13.3. The number of fused-ring (bicyclic) bond motifs is 4. The third-order valence-corrected chi connectivity index (χ3v) is 7.76. The maximum Gasteiger partial charge on any atom is 0.171 e. The second-order valence-electron chi connectivity index (χ2n) is 11.6. The second-order valence-corrected chi connectivity index (χ2v) is 11.6. The molecule has 6 rings (SSSR count). The van der Waals surface area contributed by atoms with Gasteiger partial charge in [-0.25, -0.2) is 14.5 Å². The van der Waals surface area contributed by atoms with E-state index in [1.807, 2.05) is 30.8 Å². The summed E-state index contributed by atoms with van der Waals surface area (Å²) in [5, 5.41) is 22.7. The number of aromatic amines is 1. The number of anilines is 1. The number of H-pyrrole nitrogens is 1. The largest absolute Gasteiger partial charge is 0.487 e. The fourth-order valence-electron chi connectivity index (χ4n) is 5.90. The van der Waals surface area contributed by atoms with Crippen LogP contribution in [0, 0.1) is 13.8 Å². The van der Waals surface area contributed by atoms with Crippen LogP contribution in [0.2, 0.25) is 0 Å². The topological polar surface area (TPSA) is 108 Å². The summed E-state index contributed by atoms with van der Waals surface area (Å²) in [4.78, 5) is 13.9. The summed E-state index contributed by atoms with van der Waals surface area (Å²) in [6, 6.07) is 2.30. The quantitative estimate of drug-likeness (QED) is 0.415. The van der Waals surface area contributed by atoms with Crippen molar-refractivity contribution in [1.82, 2.24) is 34.7 Å². The number of aryl methyl sites for hydroxylation is 1. The molecule has 4 aromatic heterocycles. The summed E-state index contributed by atoms with van der Waals surface area (Å²) in [7, 11) is 0. The van der Waals surface area contributed by atoms with Crippen molar-refractivity contribution in [3.05, 3.63) is 41.5 Å². The standard InChI is InChI=1S/C28H36N8O2/c1-16(2)23-24(32-33-25(23)21-12-36-26(30-15-31-36)18(4)17(21)3)19-9-22-27(29-10-19)35-8-7-34(14-28(5,6)37)11-20(35)13-38-22/h9-10,12,15-16,20,37H,7-8,11,13-14H2,1-6H3,(H,32,33). The van der Waals surface area contributed by atoms with Gasteiger partial charge in [-0.05, 0) is 50.8 Å². The molecule has 0 radical (unpaired) electrons. The van der Waals surface area contributed by atoms with Crippen LogP contribution in [0.5, 0.6) is 5.75 Å². The normalized spacial score (nSPS) is 18.1. The van der Waals surface area contributed by atoms with Crippen LogP contribution in [0.1, 0.15) is 50.3 Å². The monoisotopic (exact) mass is 516 g/mol. The van der Waals surface area contributed by atoms with Gasteiger partial charge in [0.15, 0.2) is 17.2 Å². The van der Waals surface area contributed by atoms with Gasteiger partial charge in [-0.15, -0.1) is 0 Å². The number of nitrogens with zero attached hydrogens (tertiary/aromatic N) is 7. The lowest BCUT2D eigenvalue weighted by Gasteiger charge is -2.45. The number of ether oxygens (including phenoxy) is 1. The molecule has 2 N–H and O–H groups in total. The summed E-state index contributed by atoms with van der Waals surface area (Å²) in [5.41, 5.74) is 7.45. The van der Waals surface area contributed by atoms with Crippen LogP contribution in [0.3, 0.4) is 0 Å². The Balaban J connectivity index is 1.34. The summed E-state index contributed by atoms with van der Waals surface area (Å²) in [6.45, 7) is 16.1. The number of rotatable bonds is 5. The molecule has 0 aliphatic carbocycles. The zero-order valence-corrected chi connectivity index (χ0v) is 23.0. The van der Waals surface area contributed by atoms with E-state index in [-0.39, 0.29) is 12.0 Å². The Bertz CT molecular complexity index is 1500. The highest BCUT2D eigenvalue weighted by atomic mass is 16.5. The summed E-state index contributed by atoms with van der Waals surface area (Å²) in [6.07, 6.45) is 5.53. The zero-order valence-electron chi connectivity index (χ0n) is 23.0. The van der Waals surface area contributed by atoms with Gasteiger partial charge in [0.05, 0.1) is 23.0 Å². The lowest BCUT2D eigenvalue weighted by atomic mass is 9.92. The van der Waals surface area contributed by atoms with Crippen LogP contribution < -0.4 is 9.64 Å². The fourth-order valence-corrected chi connectivity index (χ4v) is 5.90. The Morgan fingerprint density at radius 2 is 2.00 bits per heavy atom. The van der Waals surface area contributed by atoms with Gasteiger partial charge in [-0.3, -0.25) is 10.00 Å². The van der Waals surface area contributed by atoms with Crippen LogP contribution >= 0.6 is 0 Å². The van der Waals surface area contributed by atoms with E-state index in [4.69, 9.17) is 14.8 Å². The first-order valence-corrected chi connectivity index (χ1v) is 13.3. The van der Waals surface area contributed by atoms with E-state index in [1.54, 1.807) is 6.33 Å². The molecular weight excluding hydrogens is 480 g/mol. The van der Waals surface area contributed by atoms with Crippen LogP contribution in [0.25, 0.3) is 28.2 Å². The van der Waals surface area contributed by atoms with E-state index in [0.717, 1.165) is 76.1 Å². The number of aromatic nitrogens is 6. The summed E-state index contributed by atoms with van der Waals surface area (Å²) >= 11 is 0. The first kappa shape index (κ1) is 24.8. The molecule has 1 unspecified atom stereocenters. The number of piperazine rings is 1. The van der Waals surface area contributed by atoms with E-state index in [2.05, 4.69) is 58.7 Å². The molecule has 2 aliphatic rings. The molecule has 1 atom stereocenters. The third-order valence-electron chi connectivity index (χ3n) is 7.76. The Hall–Kier alpha value is -3.50. The fraction of sp³-hybridized carbons (Fsp3) is 0.500. The van der Waals surface area contributed by atoms with Gasteiger partial charge < -0.3 is 14.7 Å². The number of pyridine rings is 2. The molecule has 0 aromatic carbocycles. The molecule has 4 aromatic rings. The SMILES string of the molecule is Cc1c(-c2[nH]nc(-c3cnc4c(c3)OCC3CN(CC(C)(C)O)CCN43)c2C(C)C)cn2ncnc2c1C. The Labute approximate surface area is 222 Å². The molecule has 10 heteroatoms. The van der Waals surface area contributed by atoms with Gasteiger partial charge in [0.25, 0.3) is 0 Å². The van der Waals surface area contributed by atoms with Crippen molar-refractivity contribution in [1.29, 1.82) is 0 Å². The summed E-state index contributed by atoms with van der Waals surface area (Å²) < 4.78 is 8.08. The molecule has 2 aliphatic heterocycles. The molecule has 0 amide bonds. The van der Waals surface area contributed by atoms with Crippen molar-refractivity contribution in [3.8, 4) is 28.3 Å². The predicted octanol–water partition coefficient (Wildman–Crippen LogP) is 3.58. The molecule has 0 saturated carbocycles. The molecule has 200 valence electrons. The molecule has 0 spiro atoms. The molecule has 1 fully saturated rings. The van der Waals surface area contributed by atoms with E-state index in [0.29, 0.717) is 13.2 Å². The van der Waals surface area contributed by atoms with E-state index >= 15 is 0 Å². The molecule has 1 saturated heterocycles. The van der Waals surface area contributed by atoms with Crippen molar-refractivity contribution in [2.24, 2.45) is 0 Å². The first-order chi connectivity index (χ1) is 18.1. The number of nitrogens with one attached hydrogen (secondary N) is 1. The predicted molar refractivity (Wildman–Crippen MR) is 147 cm³/mol. The Kier molecular flexibility index (Phi) is 5.92. The average Bonchev–Trinajstić information content (AvgIpc) is 3.52. The van der Waals surface area contributed by atoms with Crippen molar-refractivity contribution < 1.29 is 9.84 Å². The average molecular weight is 517 g/mol. The highest BCUT2D eigenvalue weighted by Gasteiger charge is 2.35. The minimum Gasteiger partial charge on any atom is -0.487 e. The maximum atomic E-state index is 10.2. The lowest BCUT2D eigenvalue weighted by Crippen LogP contribution is -2.59. The van der Waals surface area contributed by atoms with Gasteiger partial charge in [0, 0.05) is 55.3 Å². The molecule has 10 nitrogen and oxygen atoms in total. The minimum absolute atomic E-state index is 0.220. The summed E-state index contributed by atoms with van der Waals surface area (Å²) in [5.74, 6) is 1.91. The van der Waals surface area contributed by atoms with Crippen molar-refractivity contribution >= 4 is 11.5 Å². The van der Waals surface area contributed by atoms with Crippen LogP contribution in [-0.2, 0) is 0 Å². The van der Waals surface area contributed by atoms with E-state index in [1.165, 1.54) is 0 Å². The third kappa shape index (κ3) is 4.21. The molecular formula is C28H36N8O2. The van der Waals surface area contributed by atoms with Gasteiger partial charge in [0.1, 0.15) is 12.9 Å². The van der Waals surface area contributed by atoms with Crippen molar-refractivity contribution in [3.63, 3.8) is 0 Å². The Morgan fingerprint density at radius 1 is 1.18 bits per heavy atom. The van der Waals surface area contributed by atoms with Gasteiger partial charge in [0.2, 0.25) is 0 Å². The highest BCUT2D eigenvalue weighted by Crippen LogP contribution is 2.41. The lowest BCUT2D eigenvalue weighted by molar-refractivity contribution is 0.0261.